The molecule has 4 N–H and O–H groups in total. The Morgan fingerprint density at radius 3 is 2.58 bits per heavy atom. The van der Waals surface area contributed by atoms with Crippen LogP contribution in [0.4, 0.5) is 18.9 Å². The molecular weight excluding hydrogens is 497 g/mol. The molecule has 5 nitrogen and oxygen atoms in total. The molecule has 0 amide bonds. The monoisotopic (exact) mass is 520 g/mol. The summed E-state index contributed by atoms with van der Waals surface area (Å²) >= 11 is 3.17. The SMILES string of the molecule is CC(F)(F)c1cccc(CN[C@H]2CS(=O)(=O)C[C@@H](Cc3cc(F)c(N)c(Br)c3)[C@@H]2O)c1. The maximum Gasteiger partial charge on any atom is 0.270 e. The van der Waals surface area contributed by atoms with Crippen LogP contribution in [0.3, 0.4) is 0 Å². The molecule has 10 heteroatoms. The Morgan fingerprint density at radius 1 is 1.23 bits per heavy atom. The smallest absolute Gasteiger partial charge is 0.270 e. The van der Waals surface area contributed by atoms with E-state index in [0.29, 0.717) is 15.6 Å². The summed E-state index contributed by atoms with van der Waals surface area (Å²) in [6.07, 6.45) is -0.870. The maximum absolute atomic E-state index is 13.9. The quantitative estimate of drug-likeness (QED) is 0.507. The number of benzene rings is 2. The average Bonchev–Trinajstić information content (AvgIpc) is 2.66. The number of nitrogens with one attached hydrogen (secondary N) is 1. The average molecular weight is 521 g/mol. The molecule has 3 atom stereocenters. The molecule has 0 radical (unpaired) electrons. The van der Waals surface area contributed by atoms with Gasteiger partial charge in [0.05, 0.1) is 23.3 Å². The number of aliphatic hydroxyl groups is 1. The number of halogens is 4. The molecule has 1 aliphatic heterocycles. The van der Waals surface area contributed by atoms with Crippen molar-refractivity contribution >= 4 is 31.5 Å². The zero-order valence-electron chi connectivity index (χ0n) is 16.8. The van der Waals surface area contributed by atoms with Crippen LogP contribution < -0.4 is 11.1 Å². The predicted octanol–water partition coefficient (Wildman–Crippen LogP) is 3.39. The van der Waals surface area contributed by atoms with Gasteiger partial charge in [-0.1, -0.05) is 18.2 Å². The summed E-state index contributed by atoms with van der Waals surface area (Å²) in [5.74, 6) is -4.77. The van der Waals surface area contributed by atoms with Crippen LogP contribution in [0.1, 0.15) is 23.6 Å². The molecule has 1 aliphatic rings. The number of hydrogen-bond acceptors (Lipinski definition) is 5. The van der Waals surface area contributed by atoms with Gasteiger partial charge in [-0.15, -0.1) is 0 Å². The molecule has 3 rings (SSSR count). The number of hydrogen-bond donors (Lipinski definition) is 3. The van der Waals surface area contributed by atoms with Gasteiger partial charge in [-0.3, -0.25) is 0 Å². The third-order valence-electron chi connectivity index (χ3n) is 5.44. The van der Waals surface area contributed by atoms with Crippen LogP contribution in [0.2, 0.25) is 0 Å². The van der Waals surface area contributed by atoms with E-state index in [1.165, 1.54) is 24.3 Å². The largest absolute Gasteiger partial charge is 0.395 e. The Kier molecular flexibility index (Phi) is 7.05. The standard InChI is InChI=1S/C21H24BrF3N2O3S/c1-21(24,25)15-4-2-3-12(6-15)9-27-18-11-31(29,30)10-14(20(18)28)5-13-7-16(22)19(26)17(23)8-13/h2-4,6-8,14,18,20,27-28H,5,9-11,26H2,1H3/t14-,18+,20+/m1/s1. The van der Waals surface area contributed by atoms with Gasteiger partial charge in [-0.05, 0) is 51.7 Å². The Balaban J connectivity index is 1.74. The number of anilines is 1. The van der Waals surface area contributed by atoms with Crippen molar-refractivity contribution in [3.63, 3.8) is 0 Å². The highest BCUT2D eigenvalue weighted by Gasteiger charge is 2.39. The predicted molar refractivity (Wildman–Crippen MR) is 117 cm³/mol. The van der Waals surface area contributed by atoms with E-state index in [4.69, 9.17) is 5.73 Å². The molecule has 0 aromatic heterocycles. The molecule has 31 heavy (non-hydrogen) atoms. The molecule has 0 unspecified atom stereocenters. The molecule has 2 aromatic carbocycles. The summed E-state index contributed by atoms with van der Waals surface area (Å²) < 4.78 is 66.3. The third-order valence-corrected chi connectivity index (χ3v) is 7.89. The van der Waals surface area contributed by atoms with E-state index in [1.54, 1.807) is 12.1 Å². The van der Waals surface area contributed by atoms with Crippen LogP contribution in [-0.4, -0.2) is 37.2 Å². The molecule has 0 saturated carbocycles. The van der Waals surface area contributed by atoms with E-state index in [2.05, 4.69) is 21.2 Å². The Hall–Kier alpha value is -1.62. The van der Waals surface area contributed by atoms with E-state index < -0.39 is 39.6 Å². The second-order valence-corrected chi connectivity index (χ2v) is 11.1. The summed E-state index contributed by atoms with van der Waals surface area (Å²) in [5, 5.41) is 13.8. The fraction of sp³-hybridized carbons (Fsp3) is 0.429. The summed E-state index contributed by atoms with van der Waals surface area (Å²) in [5.41, 5.74) is 6.46. The Labute approximate surface area is 187 Å². The van der Waals surface area contributed by atoms with Gasteiger partial charge < -0.3 is 16.2 Å². The molecule has 0 spiro atoms. The van der Waals surface area contributed by atoms with Crippen molar-refractivity contribution in [2.45, 2.75) is 38.0 Å². The van der Waals surface area contributed by atoms with Crippen LogP contribution in [0.15, 0.2) is 40.9 Å². The lowest BCUT2D eigenvalue weighted by molar-refractivity contribution is 0.0173. The molecule has 170 valence electrons. The third kappa shape index (κ3) is 6.00. The number of alkyl halides is 2. The first-order chi connectivity index (χ1) is 14.4. The van der Waals surface area contributed by atoms with Gasteiger partial charge in [-0.25, -0.2) is 21.6 Å². The highest BCUT2D eigenvalue weighted by molar-refractivity contribution is 9.10. The van der Waals surface area contributed by atoms with Crippen molar-refractivity contribution < 1.29 is 26.7 Å². The lowest BCUT2D eigenvalue weighted by atomic mass is 9.91. The van der Waals surface area contributed by atoms with Gasteiger partial charge in [0.15, 0.2) is 9.84 Å². The molecule has 1 fully saturated rings. The molecule has 1 saturated heterocycles. The van der Waals surface area contributed by atoms with E-state index in [1.807, 2.05) is 0 Å². The number of aliphatic hydroxyl groups excluding tert-OH is 1. The zero-order chi connectivity index (χ0) is 23.0. The van der Waals surface area contributed by atoms with Crippen LogP contribution in [0.5, 0.6) is 0 Å². The number of rotatable bonds is 6. The van der Waals surface area contributed by atoms with Crippen molar-refractivity contribution in [2.75, 3.05) is 17.2 Å². The van der Waals surface area contributed by atoms with Crippen molar-refractivity contribution in [1.82, 2.24) is 5.32 Å². The first-order valence-corrected chi connectivity index (χ1v) is 12.3. The molecular formula is C21H24BrF3N2O3S. The van der Waals surface area contributed by atoms with Crippen LogP contribution >= 0.6 is 15.9 Å². The molecule has 1 heterocycles. The fourth-order valence-electron chi connectivity index (χ4n) is 3.81. The van der Waals surface area contributed by atoms with Gasteiger partial charge in [0.1, 0.15) is 5.82 Å². The van der Waals surface area contributed by atoms with Gasteiger partial charge in [-0.2, -0.15) is 0 Å². The van der Waals surface area contributed by atoms with E-state index in [0.717, 1.165) is 6.92 Å². The van der Waals surface area contributed by atoms with Gasteiger partial charge in [0.25, 0.3) is 5.92 Å². The number of nitrogens with two attached hydrogens (primary N) is 1. The van der Waals surface area contributed by atoms with Crippen LogP contribution in [-0.2, 0) is 28.7 Å². The van der Waals surface area contributed by atoms with Gasteiger partial charge in [0, 0.05) is 35.5 Å². The summed E-state index contributed by atoms with van der Waals surface area (Å²) in [6, 6.07) is 7.88. The maximum atomic E-state index is 13.9. The number of nitrogen functional groups attached to an aromatic ring is 1. The minimum atomic E-state index is -3.47. The van der Waals surface area contributed by atoms with Gasteiger partial charge >= 0.3 is 0 Å². The first-order valence-electron chi connectivity index (χ1n) is 9.68. The minimum absolute atomic E-state index is 0.0417. The van der Waals surface area contributed by atoms with E-state index >= 15 is 0 Å². The summed E-state index contributed by atoms with van der Waals surface area (Å²) in [7, 11) is -3.47. The molecule has 0 bridgehead atoms. The molecule has 2 aromatic rings. The summed E-state index contributed by atoms with van der Waals surface area (Å²) in [6.45, 7) is 0.927. The molecule has 0 aliphatic carbocycles. The van der Waals surface area contributed by atoms with Crippen molar-refractivity contribution in [3.8, 4) is 0 Å². The zero-order valence-corrected chi connectivity index (χ0v) is 19.2. The summed E-state index contributed by atoms with van der Waals surface area (Å²) in [4.78, 5) is 0. The Morgan fingerprint density at radius 2 is 1.94 bits per heavy atom. The highest BCUT2D eigenvalue weighted by atomic mass is 79.9. The second-order valence-electron chi connectivity index (χ2n) is 8.08. The number of sulfone groups is 1. The lowest BCUT2D eigenvalue weighted by Crippen LogP contribution is -2.54. The van der Waals surface area contributed by atoms with E-state index in [-0.39, 0.29) is 35.7 Å². The highest BCUT2D eigenvalue weighted by Crippen LogP contribution is 2.30. The normalized spacial score (nSPS) is 23.6. The topological polar surface area (TPSA) is 92.4 Å². The second kappa shape index (κ2) is 9.09. The van der Waals surface area contributed by atoms with Crippen molar-refractivity contribution in [3.05, 3.63) is 63.4 Å². The van der Waals surface area contributed by atoms with Gasteiger partial charge in [0.2, 0.25) is 0 Å². The van der Waals surface area contributed by atoms with Crippen LogP contribution in [0.25, 0.3) is 0 Å². The van der Waals surface area contributed by atoms with E-state index in [9.17, 15) is 26.7 Å². The Bertz CT molecular complexity index is 1040. The first kappa shape index (κ1) is 24.0. The lowest BCUT2D eigenvalue weighted by Gasteiger charge is -2.35. The van der Waals surface area contributed by atoms with Crippen molar-refractivity contribution in [2.24, 2.45) is 5.92 Å². The van der Waals surface area contributed by atoms with Crippen LogP contribution in [0, 0.1) is 11.7 Å². The van der Waals surface area contributed by atoms with Crippen molar-refractivity contribution in [1.29, 1.82) is 0 Å². The minimum Gasteiger partial charge on any atom is -0.395 e. The fourth-order valence-corrected chi connectivity index (χ4v) is 6.26.